The predicted molar refractivity (Wildman–Crippen MR) is 392 cm³/mol. The summed E-state index contributed by atoms with van der Waals surface area (Å²) in [4.78, 5) is 91.1. The number of esters is 3. The smallest absolute Gasteiger partial charge is 0.351 e. The average molecular weight is 1520 g/mol. The van der Waals surface area contributed by atoms with E-state index in [2.05, 4.69) is 61.7 Å². The second-order valence-corrected chi connectivity index (χ2v) is 28.7. The first-order valence-corrected chi connectivity index (χ1v) is 36.1. The van der Waals surface area contributed by atoms with Gasteiger partial charge >= 0.3 is 35.0 Å². The van der Waals surface area contributed by atoms with Gasteiger partial charge in [0.15, 0.2) is 61.3 Å². The lowest BCUT2D eigenvalue weighted by atomic mass is 9.85. The Morgan fingerprint density at radius 2 is 0.787 bits per heavy atom. The number of hydrogen-bond donors (Lipinski definition) is 7. The lowest BCUT2D eigenvalue weighted by molar-refractivity contribution is -0.226. The normalized spacial score (nSPS) is 37.5. The summed E-state index contributed by atoms with van der Waals surface area (Å²) in [6.45, 7) is 49.3. The molecule has 11 heterocycles. The summed E-state index contributed by atoms with van der Waals surface area (Å²) < 4.78 is 76.9. The van der Waals surface area contributed by atoms with Gasteiger partial charge < -0.3 is 104 Å². The Kier molecular flexibility index (Phi) is 29.3. The number of hydrogen-bond acceptors (Lipinski definition) is 30. The SMILES string of the molecule is C=C[C@]1(CC)OC(OC(C)=O)[C@H](OC(C)=O)[C@@H]1C.C=C[C@]1(CC)O[C@@H](n2ccc(N)nc2=O)[C@H](O)[C@@H]1C.C=C[C@]1(CC)O[C@@H](n2ccc(N)nc2=O)[C@H](OC(C)=O)[C@@H]1C.C=C[C@]1(CC)O[C@@H]2OC(C)(C)O[C@@H]2[C@@H]1C.C=C[C@]1(CO)O[C@@H](n2ccc(N)nc2=O)[C@H](O)[C@@H]1O.CC[C@@]1(C=O)O[C@@H]2OC(C)(C)O[C@@H]2[C@@H]1C. The molecule has 0 aromatic carbocycles. The van der Waals surface area contributed by atoms with Gasteiger partial charge in [-0.25, -0.2) is 14.4 Å². The first kappa shape index (κ1) is 89.2. The molecule has 1 unspecified atom stereocenters. The van der Waals surface area contributed by atoms with Crippen LogP contribution >= 0.6 is 0 Å². The van der Waals surface area contributed by atoms with Crippen molar-refractivity contribution in [3.63, 3.8) is 0 Å². The number of nitrogens with two attached hydrogens (primary N) is 3. The van der Waals surface area contributed by atoms with Crippen molar-refractivity contribution in [2.75, 3.05) is 23.8 Å². The molecule has 11 rings (SSSR count). The van der Waals surface area contributed by atoms with Crippen LogP contribution in [0.5, 0.6) is 0 Å². The largest absolute Gasteiger partial charge is 0.457 e. The van der Waals surface area contributed by atoms with Crippen LogP contribution in [-0.2, 0) is 80.8 Å². The van der Waals surface area contributed by atoms with E-state index in [-0.39, 0.29) is 71.1 Å². The molecule has 0 radical (unpaired) electrons. The molecule has 33 nitrogen and oxygen atoms in total. The van der Waals surface area contributed by atoms with Gasteiger partial charge in [0, 0.05) is 69.0 Å². The van der Waals surface area contributed by atoms with E-state index < -0.39 is 143 Å². The molecule has 0 bridgehead atoms. The molecule has 0 spiro atoms. The summed E-state index contributed by atoms with van der Waals surface area (Å²) in [7, 11) is 0. The van der Waals surface area contributed by atoms with Gasteiger partial charge in [0.1, 0.15) is 59.2 Å². The molecular weight excluding hydrogens is 1410 g/mol. The molecule has 33 heteroatoms. The molecule has 3 aromatic heterocycles. The minimum absolute atomic E-state index is 0.0259. The van der Waals surface area contributed by atoms with Crippen LogP contribution in [0, 0.1) is 29.6 Å². The van der Waals surface area contributed by atoms with Crippen LogP contribution in [0.15, 0.2) is 114 Å². The van der Waals surface area contributed by atoms with Gasteiger partial charge in [-0.05, 0) is 78.0 Å². The zero-order valence-electron chi connectivity index (χ0n) is 65.0. The number of aromatic nitrogens is 6. The van der Waals surface area contributed by atoms with E-state index >= 15 is 0 Å². The van der Waals surface area contributed by atoms with E-state index in [1.165, 1.54) is 72.8 Å². The molecule has 24 atom stereocenters. The van der Waals surface area contributed by atoms with Gasteiger partial charge in [0.05, 0.1) is 29.0 Å². The van der Waals surface area contributed by atoms with Crippen molar-refractivity contribution >= 4 is 41.6 Å². The maximum absolute atomic E-state index is 12.1. The lowest BCUT2D eigenvalue weighted by Gasteiger charge is -2.31. The molecule has 8 fully saturated rings. The van der Waals surface area contributed by atoms with Crippen molar-refractivity contribution in [1.29, 1.82) is 0 Å². The number of fused-ring (bicyclic) bond motifs is 2. The Hall–Kier alpha value is -7.74. The van der Waals surface area contributed by atoms with E-state index in [0.29, 0.717) is 25.7 Å². The van der Waals surface area contributed by atoms with Crippen LogP contribution < -0.4 is 34.3 Å². The molecular formula is C75H113N9O24. The predicted octanol–water partition coefficient (Wildman–Crippen LogP) is 5.69. The third kappa shape index (κ3) is 18.3. The van der Waals surface area contributed by atoms with Crippen molar-refractivity contribution in [2.24, 2.45) is 29.6 Å². The van der Waals surface area contributed by atoms with Crippen LogP contribution in [0.2, 0.25) is 0 Å². The molecule has 0 saturated carbocycles. The van der Waals surface area contributed by atoms with Crippen molar-refractivity contribution in [2.45, 2.75) is 275 Å². The summed E-state index contributed by atoms with van der Waals surface area (Å²) in [5, 5.41) is 39.5. The number of carbonyl (C=O) groups excluding carboxylic acids is 4. The average Bonchev–Trinajstić information content (AvgIpc) is 1.65. The number of carbonyl (C=O) groups is 4. The molecule has 8 aliphatic heterocycles. The zero-order chi connectivity index (χ0) is 81.4. The van der Waals surface area contributed by atoms with Gasteiger partial charge in [0.25, 0.3) is 0 Å². The topological polar surface area (TPSA) is 452 Å². The maximum atomic E-state index is 12.1. The number of anilines is 3. The highest BCUT2D eigenvalue weighted by Gasteiger charge is 2.61. The summed E-state index contributed by atoms with van der Waals surface area (Å²) in [6.07, 6.45) is 7.63. The molecule has 0 aliphatic carbocycles. The van der Waals surface area contributed by atoms with E-state index in [4.69, 9.17) is 78.8 Å². The first-order valence-electron chi connectivity index (χ1n) is 36.1. The second kappa shape index (κ2) is 35.5. The number of aliphatic hydroxyl groups excluding tert-OH is 4. The highest BCUT2D eigenvalue weighted by Crippen LogP contribution is 2.50. The van der Waals surface area contributed by atoms with Crippen molar-refractivity contribution in [1.82, 2.24) is 28.7 Å². The molecule has 0 amide bonds. The Labute approximate surface area is 629 Å². The minimum Gasteiger partial charge on any atom is -0.457 e. The number of aldehydes is 1. The quantitative estimate of drug-likeness (QED) is 0.0348. The minimum atomic E-state index is -1.52. The number of nitrogens with zero attached hydrogens (tertiary/aromatic N) is 6. The van der Waals surface area contributed by atoms with E-state index in [9.17, 15) is 54.0 Å². The Bertz CT molecular complexity index is 3720. The lowest BCUT2D eigenvalue weighted by Crippen LogP contribution is -2.44. The fourth-order valence-electron chi connectivity index (χ4n) is 14.7. The summed E-state index contributed by atoms with van der Waals surface area (Å²) in [5.74, 6) is -2.29. The molecule has 108 heavy (non-hydrogen) atoms. The van der Waals surface area contributed by atoms with Crippen LogP contribution in [0.3, 0.4) is 0 Å². The fourth-order valence-corrected chi connectivity index (χ4v) is 14.7. The van der Waals surface area contributed by atoms with E-state index in [0.717, 1.165) is 17.3 Å². The molecule has 8 aliphatic rings. The van der Waals surface area contributed by atoms with Gasteiger partial charge in [-0.1, -0.05) is 99.6 Å². The number of nitrogen functional groups attached to an aromatic ring is 3. The third-order valence-corrected chi connectivity index (χ3v) is 21.7. The van der Waals surface area contributed by atoms with Crippen molar-refractivity contribution in [3.8, 4) is 0 Å². The van der Waals surface area contributed by atoms with Crippen LogP contribution in [0.4, 0.5) is 17.5 Å². The number of ether oxygens (including phenoxy) is 13. The molecule has 3 aromatic rings. The van der Waals surface area contributed by atoms with Gasteiger partial charge in [-0.15, -0.1) is 32.9 Å². The Balaban J connectivity index is 0.000000204. The monoisotopic (exact) mass is 1520 g/mol. The third-order valence-electron chi connectivity index (χ3n) is 21.7. The first-order chi connectivity index (χ1) is 50.5. The van der Waals surface area contributed by atoms with Gasteiger partial charge in [0.2, 0.25) is 6.29 Å². The van der Waals surface area contributed by atoms with E-state index in [1.807, 2.05) is 89.2 Å². The standard InChI is InChI=1S/C15H21N3O4.C13H19N3O3.C13H20O5.C12H20O3.C11H15N3O5.C11H18O4/c1-5-15(6-2)9(3)12(21-10(4)19)13(22-15)18-8-7-11(16)17-14(18)20;1-4-13(5-2)8(3)10(17)11(19-13)16-7-6-9(14)15-12(16)18;1-6-13(7-2)8(3)11(16-9(4)14)12(18-13)17-10(5)15;1-6-12(7-2)8(3)9-10(15-12)14-11(4,5)13-9;1-2-11(5-15)8(17)7(16)9(19-11)14-4-3-6(12)13-10(14)18;1-5-11(6-12)7(2)8-9(15-11)14-10(3,4)13-8/h5,7-9,12-13H,1,6H2,2-4H3,(H2,16,17,20);4,6-8,10-11,17H,1,5H2,2-3H3,(H2,14,15,18);6,8,11-12H,1,7H2,2-5H3;6,8-10H,1,7H2,2-5H3;2-4,7-9,15-17H,1,5H2,(H2,12,13,18);6-9H,5H2,1-4H3/t9-,12+,13+,15+;8-,10+,11+,13+;8-,11+,12?,13+;8-,9+,10-,12+;2*7-,8+,9-,11-/m000010/s1. The van der Waals surface area contributed by atoms with Crippen molar-refractivity contribution in [3.05, 3.63) is 132 Å². The summed E-state index contributed by atoms with van der Waals surface area (Å²) >= 11 is 0. The highest BCUT2D eigenvalue weighted by molar-refractivity contribution is 5.67. The number of rotatable bonds is 18. The fraction of sp³-hybridized carbons (Fsp3) is 0.653. The Morgan fingerprint density at radius 1 is 0.463 bits per heavy atom. The summed E-state index contributed by atoms with van der Waals surface area (Å²) in [6, 6.07) is 4.36. The zero-order valence-corrected chi connectivity index (χ0v) is 65.0. The number of aliphatic hydroxyl groups is 4. The molecule has 8 saturated heterocycles. The van der Waals surface area contributed by atoms with Crippen LogP contribution in [0.25, 0.3) is 0 Å². The Morgan fingerprint density at radius 3 is 1.13 bits per heavy atom. The maximum Gasteiger partial charge on any atom is 0.351 e. The van der Waals surface area contributed by atoms with Crippen LogP contribution in [0.1, 0.15) is 168 Å². The highest BCUT2D eigenvalue weighted by atomic mass is 16.8. The second-order valence-electron chi connectivity index (χ2n) is 28.7. The van der Waals surface area contributed by atoms with Gasteiger partial charge in [-0.3, -0.25) is 28.1 Å². The van der Waals surface area contributed by atoms with Crippen molar-refractivity contribution < 1.29 is 101 Å². The molecule has 10 N–H and O–H groups in total. The summed E-state index contributed by atoms with van der Waals surface area (Å²) in [5.41, 5.74) is 10.0. The van der Waals surface area contributed by atoms with Crippen LogP contribution in [-0.4, -0.2) is 187 Å². The molecule has 602 valence electrons. The van der Waals surface area contributed by atoms with E-state index in [1.54, 1.807) is 18.2 Å². The van der Waals surface area contributed by atoms with Gasteiger partial charge in [-0.2, -0.15) is 15.0 Å².